The summed E-state index contributed by atoms with van der Waals surface area (Å²) in [4.78, 5) is 13.7. The number of nitrogens with zero attached hydrogens (tertiary/aromatic N) is 1. The van der Waals surface area contributed by atoms with Crippen LogP contribution < -0.4 is 5.32 Å². The van der Waals surface area contributed by atoms with Gasteiger partial charge in [-0.15, -0.1) is 0 Å². The molecule has 20 heavy (non-hydrogen) atoms. The van der Waals surface area contributed by atoms with Gasteiger partial charge < -0.3 is 10.4 Å². The van der Waals surface area contributed by atoms with E-state index in [1.165, 1.54) is 0 Å². The van der Waals surface area contributed by atoms with Gasteiger partial charge >= 0.3 is 0 Å². The van der Waals surface area contributed by atoms with Crippen LogP contribution in [0.15, 0.2) is 24.3 Å². The molecular formula is C15H21ClN2O2. The smallest absolute Gasteiger partial charge is 0.234 e. The van der Waals surface area contributed by atoms with Crippen molar-refractivity contribution in [3.05, 3.63) is 34.9 Å². The van der Waals surface area contributed by atoms with Gasteiger partial charge in [-0.05, 0) is 43.5 Å². The predicted molar refractivity (Wildman–Crippen MR) is 79.5 cm³/mol. The number of hydrogen-bond acceptors (Lipinski definition) is 3. The van der Waals surface area contributed by atoms with Gasteiger partial charge in [0.05, 0.1) is 12.6 Å². The molecule has 1 saturated carbocycles. The molecule has 0 radical (unpaired) electrons. The first-order valence-corrected chi connectivity index (χ1v) is 7.30. The van der Waals surface area contributed by atoms with Crippen molar-refractivity contribution in [3.8, 4) is 0 Å². The fourth-order valence-electron chi connectivity index (χ4n) is 2.12. The minimum atomic E-state index is -0.302. The second kappa shape index (κ2) is 7.07. The number of amides is 1. The zero-order valence-corrected chi connectivity index (χ0v) is 12.4. The second-order valence-corrected chi connectivity index (χ2v) is 5.94. The highest BCUT2D eigenvalue weighted by Gasteiger charge is 2.30. The molecule has 1 aliphatic carbocycles. The first-order chi connectivity index (χ1) is 9.54. The van der Waals surface area contributed by atoms with Crippen LogP contribution in [0.2, 0.25) is 5.02 Å². The van der Waals surface area contributed by atoms with Gasteiger partial charge in [0.2, 0.25) is 5.91 Å². The van der Waals surface area contributed by atoms with Crippen LogP contribution in [0, 0.1) is 5.92 Å². The molecule has 2 rings (SSSR count). The fraction of sp³-hybridized carbons (Fsp3) is 0.533. The van der Waals surface area contributed by atoms with Crippen molar-refractivity contribution >= 4 is 17.5 Å². The molecule has 1 aliphatic rings. The third kappa shape index (κ3) is 5.12. The first kappa shape index (κ1) is 15.3. The Hall–Kier alpha value is -1.10. The van der Waals surface area contributed by atoms with Crippen molar-refractivity contribution in [2.75, 3.05) is 20.1 Å². The van der Waals surface area contributed by atoms with Crippen LogP contribution in [0.25, 0.3) is 0 Å². The number of hydrogen-bond donors (Lipinski definition) is 2. The van der Waals surface area contributed by atoms with Crippen LogP contribution in [0.4, 0.5) is 0 Å². The SMILES string of the molecule is CN(CC(=O)NCc1ccc(Cl)cc1)CC(O)C1CC1. The summed E-state index contributed by atoms with van der Waals surface area (Å²) in [5.41, 5.74) is 1.02. The Bertz CT molecular complexity index is 446. The Balaban J connectivity index is 1.67. The lowest BCUT2D eigenvalue weighted by molar-refractivity contribution is -0.122. The Morgan fingerprint density at radius 1 is 1.45 bits per heavy atom. The van der Waals surface area contributed by atoms with E-state index in [1.54, 1.807) is 12.1 Å². The van der Waals surface area contributed by atoms with Crippen molar-refractivity contribution in [1.29, 1.82) is 0 Å². The third-order valence-electron chi connectivity index (χ3n) is 3.48. The molecule has 5 heteroatoms. The predicted octanol–water partition coefficient (Wildman–Crippen LogP) is 1.66. The summed E-state index contributed by atoms with van der Waals surface area (Å²) in [5, 5.41) is 13.4. The van der Waals surface area contributed by atoms with Crippen molar-refractivity contribution in [2.45, 2.75) is 25.5 Å². The Kier molecular flexibility index (Phi) is 5.40. The summed E-state index contributed by atoms with van der Waals surface area (Å²) in [6.07, 6.45) is 1.92. The summed E-state index contributed by atoms with van der Waals surface area (Å²) in [6.45, 7) is 1.35. The van der Waals surface area contributed by atoms with E-state index in [0.717, 1.165) is 18.4 Å². The monoisotopic (exact) mass is 296 g/mol. The summed E-state index contributed by atoms with van der Waals surface area (Å²) >= 11 is 5.80. The van der Waals surface area contributed by atoms with Crippen LogP contribution in [-0.4, -0.2) is 42.2 Å². The molecule has 0 saturated heterocycles. The van der Waals surface area contributed by atoms with Crippen molar-refractivity contribution in [1.82, 2.24) is 10.2 Å². The van der Waals surface area contributed by atoms with E-state index in [2.05, 4.69) is 5.32 Å². The summed E-state index contributed by atoms with van der Waals surface area (Å²) in [5.74, 6) is 0.403. The van der Waals surface area contributed by atoms with E-state index in [-0.39, 0.29) is 12.0 Å². The molecule has 0 spiro atoms. The van der Waals surface area contributed by atoms with Crippen molar-refractivity contribution < 1.29 is 9.90 Å². The average molecular weight is 297 g/mol. The lowest BCUT2D eigenvalue weighted by atomic mass is 10.2. The fourth-order valence-corrected chi connectivity index (χ4v) is 2.24. The molecule has 0 bridgehead atoms. The van der Waals surface area contributed by atoms with Gasteiger partial charge in [0, 0.05) is 18.1 Å². The Morgan fingerprint density at radius 2 is 2.10 bits per heavy atom. The lowest BCUT2D eigenvalue weighted by Gasteiger charge is -2.19. The second-order valence-electron chi connectivity index (χ2n) is 5.50. The van der Waals surface area contributed by atoms with E-state index in [0.29, 0.717) is 30.6 Å². The number of carbonyl (C=O) groups is 1. The van der Waals surface area contributed by atoms with Crippen LogP contribution >= 0.6 is 11.6 Å². The van der Waals surface area contributed by atoms with Gasteiger partial charge in [0.25, 0.3) is 0 Å². The molecule has 1 unspecified atom stereocenters. The van der Waals surface area contributed by atoms with Gasteiger partial charge in [-0.1, -0.05) is 23.7 Å². The molecule has 110 valence electrons. The maximum Gasteiger partial charge on any atom is 0.234 e. The number of rotatable bonds is 7. The maximum absolute atomic E-state index is 11.8. The molecule has 0 aliphatic heterocycles. The minimum Gasteiger partial charge on any atom is -0.392 e. The molecule has 1 amide bonds. The number of aliphatic hydroxyl groups excluding tert-OH is 1. The highest BCUT2D eigenvalue weighted by atomic mass is 35.5. The molecule has 0 heterocycles. The zero-order valence-electron chi connectivity index (χ0n) is 11.7. The molecule has 0 aromatic heterocycles. The summed E-state index contributed by atoms with van der Waals surface area (Å²) < 4.78 is 0. The highest BCUT2D eigenvalue weighted by Crippen LogP contribution is 2.32. The molecule has 1 aromatic rings. The number of likely N-dealkylation sites (N-methyl/N-ethyl adjacent to an activating group) is 1. The summed E-state index contributed by atoms with van der Waals surface area (Å²) in [7, 11) is 1.85. The van der Waals surface area contributed by atoms with Crippen LogP contribution in [0.1, 0.15) is 18.4 Å². The Labute approximate surface area is 124 Å². The number of carbonyl (C=O) groups excluding carboxylic acids is 1. The molecule has 1 fully saturated rings. The largest absolute Gasteiger partial charge is 0.392 e. The molecule has 2 N–H and O–H groups in total. The van der Waals surface area contributed by atoms with Gasteiger partial charge in [0.15, 0.2) is 0 Å². The standard InChI is InChI=1S/C15H21ClN2O2/c1-18(9-14(19)12-4-5-12)10-15(20)17-8-11-2-6-13(16)7-3-11/h2-3,6-7,12,14,19H,4-5,8-10H2,1H3,(H,17,20). The van der Waals surface area contributed by atoms with Gasteiger partial charge in [-0.25, -0.2) is 0 Å². The van der Waals surface area contributed by atoms with E-state index in [9.17, 15) is 9.90 Å². The van der Waals surface area contributed by atoms with Crippen LogP contribution in [-0.2, 0) is 11.3 Å². The zero-order chi connectivity index (χ0) is 14.5. The number of aliphatic hydroxyl groups is 1. The summed E-state index contributed by atoms with van der Waals surface area (Å²) in [6, 6.07) is 7.40. The number of halogens is 1. The normalized spacial score (nSPS) is 16.2. The van der Waals surface area contributed by atoms with Crippen molar-refractivity contribution in [2.24, 2.45) is 5.92 Å². The Morgan fingerprint density at radius 3 is 2.70 bits per heavy atom. The van der Waals surface area contributed by atoms with Gasteiger partial charge in [-0.3, -0.25) is 9.69 Å². The first-order valence-electron chi connectivity index (χ1n) is 6.92. The van der Waals surface area contributed by atoms with Crippen LogP contribution in [0.5, 0.6) is 0 Å². The number of benzene rings is 1. The van der Waals surface area contributed by atoms with Gasteiger partial charge in [0.1, 0.15) is 0 Å². The van der Waals surface area contributed by atoms with Crippen LogP contribution in [0.3, 0.4) is 0 Å². The van der Waals surface area contributed by atoms with E-state index in [4.69, 9.17) is 11.6 Å². The molecular weight excluding hydrogens is 276 g/mol. The molecule has 1 atom stereocenters. The topological polar surface area (TPSA) is 52.6 Å². The average Bonchev–Trinajstić information content (AvgIpc) is 3.22. The lowest BCUT2D eigenvalue weighted by Crippen LogP contribution is -2.38. The van der Waals surface area contributed by atoms with Gasteiger partial charge in [-0.2, -0.15) is 0 Å². The highest BCUT2D eigenvalue weighted by molar-refractivity contribution is 6.30. The van der Waals surface area contributed by atoms with E-state index in [1.807, 2.05) is 24.1 Å². The van der Waals surface area contributed by atoms with Crippen molar-refractivity contribution in [3.63, 3.8) is 0 Å². The minimum absolute atomic E-state index is 0.0366. The number of nitrogens with one attached hydrogen (secondary N) is 1. The quantitative estimate of drug-likeness (QED) is 0.804. The maximum atomic E-state index is 11.8. The van der Waals surface area contributed by atoms with E-state index < -0.39 is 0 Å². The molecule has 1 aromatic carbocycles. The third-order valence-corrected chi connectivity index (χ3v) is 3.73. The molecule has 4 nitrogen and oxygen atoms in total. The van der Waals surface area contributed by atoms with E-state index >= 15 is 0 Å².